The van der Waals surface area contributed by atoms with E-state index in [2.05, 4.69) is 12.2 Å². The first-order valence-electron chi connectivity index (χ1n) is 6.38. The predicted octanol–water partition coefficient (Wildman–Crippen LogP) is 2.39. The van der Waals surface area contributed by atoms with Gasteiger partial charge in [-0.15, -0.1) is 0 Å². The summed E-state index contributed by atoms with van der Waals surface area (Å²) in [7, 11) is 1.46. The van der Waals surface area contributed by atoms with Crippen molar-refractivity contribution in [3.8, 4) is 5.75 Å². The second-order valence-corrected chi connectivity index (χ2v) is 4.08. The lowest BCUT2D eigenvalue weighted by Crippen LogP contribution is -2.20. The van der Waals surface area contributed by atoms with Gasteiger partial charge in [-0.25, -0.2) is 4.39 Å². The van der Waals surface area contributed by atoms with Crippen molar-refractivity contribution in [2.45, 2.75) is 19.8 Å². The van der Waals surface area contributed by atoms with Crippen LogP contribution < -0.4 is 10.1 Å². The molecule has 3 nitrogen and oxygen atoms in total. The molecule has 4 heteroatoms. The summed E-state index contributed by atoms with van der Waals surface area (Å²) in [6, 6.07) is 5.01. The monoisotopic (exact) mass is 255 g/mol. The quantitative estimate of drug-likeness (QED) is 0.687. The lowest BCUT2D eigenvalue weighted by molar-refractivity contribution is 0.139. The minimum atomic E-state index is -0.320. The molecule has 0 aliphatic carbocycles. The van der Waals surface area contributed by atoms with E-state index in [4.69, 9.17) is 9.47 Å². The van der Waals surface area contributed by atoms with E-state index in [0.29, 0.717) is 19.6 Å². The summed E-state index contributed by atoms with van der Waals surface area (Å²) in [6.07, 6.45) is 1.85. The minimum Gasteiger partial charge on any atom is -0.494 e. The Morgan fingerprint density at radius 1 is 1.22 bits per heavy atom. The molecule has 0 saturated carbocycles. The molecule has 0 aliphatic rings. The van der Waals surface area contributed by atoms with Gasteiger partial charge in [-0.2, -0.15) is 0 Å². The van der Waals surface area contributed by atoms with Gasteiger partial charge in [-0.1, -0.05) is 13.0 Å². The molecule has 0 aliphatic heterocycles. The summed E-state index contributed by atoms with van der Waals surface area (Å²) in [6.45, 7) is 5.32. The molecular weight excluding hydrogens is 233 g/mol. The second-order valence-electron chi connectivity index (χ2n) is 4.08. The molecule has 0 bridgehead atoms. The Labute approximate surface area is 108 Å². The highest BCUT2D eigenvalue weighted by Gasteiger charge is 2.03. The summed E-state index contributed by atoms with van der Waals surface area (Å²) in [4.78, 5) is 0. The molecule has 0 fully saturated rings. The average molecular weight is 255 g/mol. The van der Waals surface area contributed by atoms with Crippen molar-refractivity contribution in [3.63, 3.8) is 0 Å². The number of ether oxygens (including phenoxy) is 2. The van der Waals surface area contributed by atoms with Crippen LogP contribution in [0.4, 0.5) is 4.39 Å². The molecule has 0 amide bonds. The summed E-state index contributed by atoms with van der Waals surface area (Å²) in [5.41, 5.74) is 0.926. The lowest BCUT2D eigenvalue weighted by atomic mass is 10.1. The van der Waals surface area contributed by atoms with E-state index in [1.807, 2.05) is 6.07 Å². The number of methoxy groups -OCH3 is 1. The van der Waals surface area contributed by atoms with E-state index in [1.54, 1.807) is 6.07 Å². The summed E-state index contributed by atoms with van der Waals surface area (Å²) < 4.78 is 23.7. The molecular formula is C14H22FNO2. The van der Waals surface area contributed by atoms with E-state index in [-0.39, 0.29) is 11.6 Å². The van der Waals surface area contributed by atoms with Gasteiger partial charge >= 0.3 is 0 Å². The van der Waals surface area contributed by atoms with Crippen molar-refractivity contribution in [1.29, 1.82) is 0 Å². The molecule has 1 N–H and O–H groups in total. The van der Waals surface area contributed by atoms with Crippen LogP contribution in [0.15, 0.2) is 18.2 Å². The number of nitrogens with one attached hydrogen (secondary N) is 1. The highest BCUT2D eigenvalue weighted by atomic mass is 19.1. The standard InChI is InChI=1S/C14H22FNO2/c1-3-7-16-8-10-18-9-6-12-4-5-14(17-2)13(15)11-12/h4-5,11,16H,3,6-10H2,1-2H3. The van der Waals surface area contributed by atoms with E-state index in [1.165, 1.54) is 13.2 Å². The summed E-state index contributed by atoms with van der Waals surface area (Å²) in [5.74, 6) is -0.0388. The fraction of sp³-hybridized carbons (Fsp3) is 0.571. The fourth-order valence-electron chi connectivity index (χ4n) is 1.60. The van der Waals surface area contributed by atoms with Gasteiger partial charge in [-0.05, 0) is 37.1 Å². The Morgan fingerprint density at radius 2 is 2.06 bits per heavy atom. The number of hydrogen-bond donors (Lipinski definition) is 1. The van der Waals surface area contributed by atoms with Crippen molar-refractivity contribution in [1.82, 2.24) is 5.32 Å². The van der Waals surface area contributed by atoms with Crippen molar-refractivity contribution in [2.75, 3.05) is 33.4 Å². The SMILES string of the molecule is CCCNCCOCCc1ccc(OC)c(F)c1. The molecule has 0 saturated heterocycles. The molecule has 18 heavy (non-hydrogen) atoms. The Balaban J connectivity index is 2.17. The minimum absolute atomic E-state index is 0.281. The Morgan fingerprint density at radius 3 is 2.72 bits per heavy atom. The largest absolute Gasteiger partial charge is 0.494 e. The van der Waals surface area contributed by atoms with Crippen LogP contribution in [0.2, 0.25) is 0 Å². The van der Waals surface area contributed by atoms with Crippen molar-refractivity contribution >= 4 is 0 Å². The van der Waals surface area contributed by atoms with Crippen LogP contribution >= 0.6 is 0 Å². The zero-order valence-corrected chi connectivity index (χ0v) is 11.2. The number of hydrogen-bond acceptors (Lipinski definition) is 3. The Hall–Kier alpha value is -1.13. The Bertz CT molecular complexity index is 345. The van der Waals surface area contributed by atoms with Gasteiger partial charge < -0.3 is 14.8 Å². The van der Waals surface area contributed by atoms with Gasteiger partial charge in [0.25, 0.3) is 0 Å². The first kappa shape index (κ1) is 14.9. The van der Waals surface area contributed by atoms with Crippen molar-refractivity contribution in [3.05, 3.63) is 29.6 Å². The highest BCUT2D eigenvalue weighted by molar-refractivity contribution is 5.29. The van der Waals surface area contributed by atoms with E-state index >= 15 is 0 Å². The number of benzene rings is 1. The molecule has 102 valence electrons. The third-order valence-corrected chi connectivity index (χ3v) is 2.60. The van der Waals surface area contributed by atoms with Gasteiger partial charge in [0.1, 0.15) is 0 Å². The van der Waals surface area contributed by atoms with Gasteiger partial charge in [0.2, 0.25) is 0 Å². The van der Waals surface area contributed by atoms with Crippen LogP contribution in [0.1, 0.15) is 18.9 Å². The maximum Gasteiger partial charge on any atom is 0.165 e. The molecule has 0 aromatic heterocycles. The van der Waals surface area contributed by atoms with Crippen LogP contribution in [0.5, 0.6) is 5.75 Å². The van der Waals surface area contributed by atoms with E-state index < -0.39 is 0 Å². The van der Waals surface area contributed by atoms with Crippen LogP contribution in [0, 0.1) is 5.82 Å². The number of halogens is 1. The van der Waals surface area contributed by atoms with Gasteiger partial charge in [0.05, 0.1) is 20.3 Å². The Kier molecular flexibility index (Phi) is 7.37. The van der Waals surface area contributed by atoms with Gasteiger partial charge in [0.15, 0.2) is 11.6 Å². The maximum atomic E-state index is 13.4. The third-order valence-electron chi connectivity index (χ3n) is 2.60. The molecule has 0 heterocycles. The summed E-state index contributed by atoms with van der Waals surface area (Å²) >= 11 is 0. The lowest BCUT2D eigenvalue weighted by Gasteiger charge is -2.07. The van der Waals surface area contributed by atoms with Crippen LogP contribution in [0.25, 0.3) is 0 Å². The van der Waals surface area contributed by atoms with E-state index in [0.717, 1.165) is 25.1 Å². The van der Waals surface area contributed by atoms with Crippen molar-refractivity contribution in [2.24, 2.45) is 0 Å². The molecule has 1 aromatic rings. The van der Waals surface area contributed by atoms with E-state index in [9.17, 15) is 4.39 Å². The van der Waals surface area contributed by atoms with Crippen LogP contribution in [-0.4, -0.2) is 33.4 Å². The van der Waals surface area contributed by atoms with Crippen LogP contribution in [-0.2, 0) is 11.2 Å². The van der Waals surface area contributed by atoms with Crippen LogP contribution in [0.3, 0.4) is 0 Å². The van der Waals surface area contributed by atoms with Gasteiger partial charge in [0, 0.05) is 6.54 Å². The zero-order chi connectivity index (χ0) is 13.2. The maximum absolute atomic E-state index is 13.4. The zero-order valence-electron chi connectivity index (χ0n) is 11.2. The summed E-state index contributed by atoms with van der Waals surface area (Å²) in [5, 5.41) is 3.26. The topological polar surface area (TPSA) is 30.5 Å². The third kappa shape index (κ3) is 5.47. The first-order valence-corrected chi connectivity index (χ1v) is 6.38. The molecule has 1 aromatic carbocycles. The predicted molar refractivity (Wildman–Crippen MR) is 70.6 cm³/mol. The molecule has 0 atom stereocenters. The average Bonchev–Trinajstić information content (AvgIpc) is 2.38. The van der Waals surface area contributed by atoms with Gasteiger partial charge in [-0.3, -0.25) is 0 Å². The first-order chi connectivity index (χ1) is 8.77. The molecule has 0 unspecified atom stereocenters. The van der Waals surface area contributed by atoms with Crippen molar-refractivity contribution < 1.29 is 13.9 Å². The second kappa shape index (κ2) is 8.89. The molecule has 0 radical (unpaired) electrons. The normalized spacial score (nSPS) is 10.6. The molecule has 1 rings (SSSR count). The molecule has 0 spiro atoms. The fourth-order valence-corrected chi connectivity index (χ4v) is 1.60. The number of rotatable bonds is 9. The smallest absolute Gasteiger partial charge is 0.165 e. The highest BCUT2D eigenvalue weighted by Crippen LogP contribution is 2.17.